The molecule has 1 unspecified atom stereocenters. The fourth-order valence-corrected chi connectivity index (χ4v) is 2.07. The number of fused-ring (bicyclic) bond motifs is 1. The molecule has 19 heavy (non-hydrogen) atoms. The molecular weight excluding hydrogens is 242 g/mol. The molecule has 0 radical (unpaired) electrons. The third-order valence-electron chi connectivity index (χ3n) is 3.23. The molecule has 5 nitrogen and oxygen atoms in total. The van der Waals surface area contributed by atoms with Crippen LogP contribution in [0.3, 0.4) is 0 Å². The lowest BCUT2D eigenvalue weighted by atomic mass is 10.0. The Hall–Kier alpha value is -1.88. The van der Waals surface area contributed by atoms with Crippen LogP contribution in [-0.2, 0) is 0 Å². The molecule has 0 aliphatic heterocycles. The summed E-state index contributed by atoms with van der Waals surface area (Å²) in [6.45, 7) is 4.12. The van der Waals surface area contributed by atoms with Gasteiger partial charge in [-0.25, -0.2) is 4.52 Å². The third-order valence-corrected chi connectivity index (χ3v) is 3.23. The summed E-state index contributed by atoms with van der Waals surface area (Å²) in [5, 5.41) is 16.1. The van der Waals surface area contributed by atoms with Crippen LogP contribution in [0, 0.1) is 5.92 Å². The quantitative estimate of drug-likeness (QED) is 0.856. The molecule has 0 spiro atoms. The molecular formula is C14H19N3O2. The number of hydrogen-bond donors (Lipinski definition) is 2. The first-order chi connectivity index (χ1) is 9.13. The third kappa shape index (κ3) is 2.93. The van der Waals surface area contributed by atoms with Gasteiger partial charge in [-0.3, -0.25) is 4.79 Å². The van der Waals surface area contributed by atoms with Crippen molar-refractivity contribution < 1.29 is 9.90 Å². The molecule has 0 aliphatic rings. The van der Waals surface area contributed by atoms with E-state index in [1.54, 1.807) is 16.9 Å². The number of aliphatic hydroxyl groups is 1. The Labute approximate surface area is 112 Å². The fraction of sp³-hybridized carbons (Fsp3) is 0.429. The zero-order valence-electron chi connectivity index (χ0n) is 11.2. The number of carbonyl (C=O) groups excluding carboxylic acids is 1. The second kappa shape index (κ2) is 5.84. The highest BCUT2D eigenvalue weighted by Gasteiger charge is 2.19. The lowest BCUT2D eigenvalue weighted by Crippen LogP contribution is -2.39. The molecule has 2 heterocycles. The molecule has 2 N–H and O–H groups in total. The number of carbonyl (C=O) groups is 1. The van der Waals surface area contributed by atoms with Crippen molar-refractivity contribution in [1.82, 2.24) is 14.9 Å². The highest BCUT2D eigenvalue weighted by molar-refractivity contribution is 6.00. The van der Waals surface area contributed by atoms with Crippen molar-refractivity contribution in [2.45, 2.75) is 26.3 Å². The van der Waals surface area contributed by atoms with Gasteiger partial charge in [0.15, 0.2) is 0 Å². The van der Waals surface area contributed by atoms with Gasteiger partial charge in [-0.2, -0.15) is 5.10 Å². The zero-order valence-corrected chi connectivity index (χ0v) is 11.2. The summed E-state index contributed by atoms with van der Waals surface area (Å²) in [7, 11) is 0. The molecule has 0 bridgehead atoms. The molecule has 0 aromatic carbocycles. The average Bonchev–Trinajstić information content (AvgIpc) is 2.81. The first kappa shape index (κ1) is 13.5. The maximum Gasteiger partial charge on any atom is 0.255 e. The van der Waals surface area contributed by atoms with Crippen LogP contribution in [0.1, 0.15) is 30.6 Å². The number of nitrogens with one attached hydrogen (secondary N) is 1. The maximum absolute atomic E-state index is 12.3. The predicted molar refractivity (Wildman–Crippen MR) is 73.0 cm³/mol. The second-order valence-corrected chi connectivity index (χ2v) is 4.92. The van der Waals surface area contributed by atoms with E-state index >= 15 is 0 Å². The highest BCUT2D eigenvalue weighted by Crippen LogP contribution is 2.12. The maximum atomic E-state index is 12.3. The topological polar surface area (TPSA) is 66.6 Å². The van der Waals surface area contributed by atoms with Gasteiger partial charge in [-0.1, -0.05) is 19.9 Å². The summed E-state index contributed by atoms with van der Waals surface area (Å²) < 4.78 is 1.67. The van der Waals surface area contributed by atoms with E-state index in [1.807, 2.05) is 32.0 Å². The lowest BCUT2D eigenvalue weighted by molar-refractivity contribution is 0.0918. The molecule has 0 saturated heterocycles. The number of hydrogen-bond acceptors (Lipinski definition) is 3. The van der Waals surface area contributed by atoms with E-state index in [0.29, 0.717) is 12.0 Å². The van der Waals surface area contributed by atoms with Gasteiger partial charge in [0.05, 0.1) is 17.3 Å². The second-order valence-electron chi connectivity index (χ2n) is 4.92. The van der Waals surface area contributed by atoms with Gasteiger partial charge >= 0.3 is 0 Å². The van der Waals surface area contributed by atoms with Crippen molar-refractivity contribution in [3.05, 3.63) is 36.2 Å². The number of aromatic nitrogens is 2. The molecule has 1 amide bonds. The van der Waals surface area contributed by atoms with Gasteiger partial charge in [0.1, 0.15) is 0 Å². The minimum atomic E-state index is -0.145. The summed E-state index contributed by atoms with van der Waals surface area (Å²) in [4.78, 5) is 12.3. The van der Waals surface area contributed by atoms with E-state index in [9.17, 15) is 4.79 Å². The number of pyridine rings is 1. The lowest BCUT2D eigenvalue weighted by Gasteiger charge is -2.21. The zero-order chi connectivity index (χ0) is 13.8. The van der Waals surface area contributed by atoms with Crippen molar-refractivity contribution >= 4 is 11.4 Å². The Morgan fingerprint density at radius 2 is 2.26 bits per heavy atom. The van der Waals surface area contributed by atoms with Gasteiger partial charge in [0, 0.05) is 18.8 Å². The van der Waals surface area contributed by atoms with Crippen molar-refractivity contribution in [2.24, 2.45) is 5.92 Å². The number of rotatable bonds is 5. The molecule has 2 rings (SSSR count). The summed E-state index contributed by atoms with van der Waals surface area (Å²) >= 11 is 0. The van der Waals surface area contributed by atoms with Crippen molar-refractivity contribution in [2.75, 3.05) is 6.61 Å². The van der Waals surface area contributed by atoms with Crippen molar-refractivity contribution in [3.63, 3.8) is 0 Å². The van der Waals surface area contributed by atoms with E-state index in [2.05, 4.69) is 10.4 Å². The SMILES string of the molecule is CC(C)C(CCO)NC(=O)c1cnn2ccccc12. The number of nitrogens with zero attached hydrogens (tertiary/aromatic N) is 2. The van der Waals surface area contributed by atoms with E-state index < -0.39 is 0 Å². The standard InChI is InChI=1S/C14H19N3O2/c1-10(2)12(6-8-18)16-14(19)11-9-15-17-7-4-3-5-13(11)17/h3-5,7,9-10,12,18H,6,8H2,1-2H3,(H,16,19). The van der Waals surface area contributed by atoms with Crippen molar-refractivity contribution in [1.29, 1.82) is 0 Å². The summed E-state index contributed by atoms with van der Waals surface area (Å²) in [5.41, 5.74) is 1.34. The Bertz CT molecular complexity index is 563. The molecule has 1 atom stereocenters. The van der Waals surface area contributed by atoms with E-state index in [1.165, 1.54) is 0 Å². The Balaban J connectivity index is 2.19. The Kier molecular flexibility index (Phi) is 4.16. The van der Waals surface area contributed by atoms with Crippen LogP contribution >= 0.6 is 0 Å². The monoisotopic (exact) mass is 261 g/mol. The molecule has 5 heteroatoms. The van der Waals surface area contributed by atoms with Gasteiger partial charge in [0.2, 0.25) is 0 Å². The Morgan fingerprint density at radius 1 is 1.47 bits per heavy atom. The summed E-state index contributed by atoms with van der Waals surface area (Å²) in [6.07, 6.45) is 3.93. The van der Waals surface area contributed by atoms with Crippen LogP contribution in [-0.4, -0.2) is 33.3 Å². The minimum Gasteiger partial charge on any atom is -0.396 e. The van der Waals surface area contributed by atoms with Crippen LogP contribution in [0.2, 0.25) is 0 Å². The van der Waals surface area contributed by atoms with E-state index in [4.69, 9.17) is 5.11 Å². The van der Waals surface area contributed by atoms with Crippen LogP contribution in [0.5, 0.6) is 0 Å². The minimum absolute atomic E-state index is 0.0313. The van der Waals surface area contributed by atoms with Crippen LogP contribution in [0.15, 0.2) is 30.6 Å². The van der Waals surface area contributed by atoms with Gasteiger partial charge in [0.25, 0.3) is 5.91 Å². The average molecular weight is 261 g/mol. The van der Waals surface area contributed by atoms with E-state index in [-0.39, 0.29) is 24.5 Å². The first-order valence-corrected chi connectivity index (χ1v) is 6.47. The molecule has 0 saturated carbocycles. The molecule has 0 aliphatic carbocycles. The normalized spacial score (nSPS) is 12.8. The van der Waals surface area contributed by atoms with Gasteiger partial charge in [-0.05, 0) is 24.5 Å². The molecule has 2 aromatic heterocycles. The van der Waals surface area contributed by atoms with Crippen LogP contribution in [0.25, 0.3) is 5.52 Å². The van der Waals surface area contributed by atoms with Crippen LogP contribution in [0.4, 0.5) is 0 Å². The molecule has 2 aromatic rings. The number of aliphatic hydroxyl groups excluding tert-OH is 1. The van der Waals surface area contributed by atoms with E-state index in [0.717, 1.165) is 5.52 Å². The fourth-order valence-electron chi connectivity index (χ4n) is 2.07. The highest BCUT2D eigenvalue weighted by atomic mass is 16.3. The van der Waals surface area contributed by atoms with Gasteiger partial charge in [-0.15, -0.1) is 0 Å². The summed E-state index contributed by atoms with van der Waals surface area (Å²) in [5.74, 6) is 0.131. The van der Waals surface area contributed by atoms with Gasteiger partial charge < -0.3 is 10.4 Å². The smallest absolute Gasteiger partial charge is 0.255 e. The number of amides is 1. The summed E-state index contributed by atoms with van der Waals surface area (Å²) in [6, 6.07) is 5.57. The largest absolute Gasteiger partial charge is 0.396 e. The van der Waals surface area contributed by atoms with Crippen LogP contribution < -0.4 is 5.32 Å². The first-order valence-electron chi connectivity index (χ1n) is 6.47. The Morgan fingerprint density at radius 3 is 2.95 bits per heavy atom. The van der Waals surface area contributed by atoms with Crippen molar-refractivity contribution in [3.8, 4) is 0 Å². The predicted octanol–water partition coefficient (Wildman–Crippen LogP) is 1.47. The molecule has 0 fully saturated rings. The molecule has 102 valence electrons.